The Morgan fingerprint density at radius 2 is 2.30 bits per heavy atom. The number of carbonyl (C=O) groups is 2. The van der Waals surface area contributed by atoms with Gasteiger partial charge in [-0.05, 0) is 13.8 Å². The highest BCUT2D eigenvalue weighted by Gasteiger charge is 2.35. The summed E-state index contributed by atoms with van der Waals surface area (Å²) in [5.74, 6) is 0.828. The average Bonchev–Trinajstić information content (AvgIpc) is 2.79. The van der Waals surface area contributed by atoms with Crippen molar-refractivity contribution in [1.29, 1.82) is 0 Å². The van der Waals surface area contributed by atoms with Crippen molar-refractivity contribution < 1.29 is 19.4 Å². The van der Waals surface area contributed by atoms with Crippen LogP contribution in [0.4, 0.5) is 4.79 Å². The zero-order valence-electron chi connectivity index (χ0n) is 12.0. The van der Waals surface area contributed by atoms with Gasteiger partial charge >= 0.3 is 0 Å². The van der Waals surface area contributed by atoms with Crippen molar-refractivity contribution in [2.24, 2.45) is 0 Å². The number of hydrogen-bond acceptors (Lipinski definition) is 5. The second kappa shape index (κ2) is 6.32. The van der Waals surface area contributed by atoms with Gasteiger partial charge in [-0.3, -0.25) is 9.59 Å². The fourth-order valence-electron chi connectivity index (χ4n) is 2.60. The molecule has 2 fully saturated rings. The highest BCUT2D eigenvalue weighted by Crippen LogP contribution is 2.22. The zero-order chi connectivity index (χ0) is 14.8. The summed E-state index contributed by atoms with van der Waals surface area (Å²) in [6.45, 7) is 5.88. The Labute approximate surface area is 123 Å². The van der Waals surface area contributed by atoms with Crippen molar-refractivity contribution >= 4 is 22.9 Å². The van der Waals surface area contributed by atoms with E-state index < -0.39 is 5.60 Å². The topological polar surface area (TPSA) is 70.1 Å². The molecule has 0 aromatic rings. The normalized spacial score (nSPS) is 26.1. The minimum Gasteiger partial charge on any atom is -0.394 e. The van der Waals surface area contributed by atoms with Gasteiger partial charge < -0.3 is 19.6 Å². The first kappa shape index (κ1) is 15.6. The van der Waals surface area contributed by atoms with E-state index in [0.717, 1.165) is 12.3 Å². The zero-order valence-corrected chi connectivity index (χ0v) is 12.8. The summed E-state index contributed by atoms with van der Waals surface area (Å²) in [4.78, 5) is 27.2. The lowest BCUT2D eigenvalue weighted by molar-refractivity contribution is -0.167. The lowest BCUT2D eigenvalue weighted by Gasteiger charge is -2.42. The molecule has 0 aliphatic carbocycles. The van der Waals surface area contributed by atoms with Crippen LogP contribution in [0.3, 0.4) is 0 Å². The van der Waals surface area contributed by atoms with Crippen LogP contribution in [0.1, 0.15) is 20.3 Å². The maximum Gasteiger partial charge on any atom is 0.281 e. The van der Waals surface area contributed by atoms with Crippen LogP contribution in [0.5, 0.6) is 0 Å². The Kier molecular flexibility index (Phi) is 4.93. The van der Waals surface area contributed by atoms with Gasteiger partial charge in [0, 0.05) is 38.4 Å². The number of aliphatic hydroxyl groups excluding tert-OH is 1. The van der Waals surface area contributed by atoms with Crippen LogP contribution in [-0.4, -0.2) is 76.3 Å². The smallest absolute Gasteiger partial charge is 0.281 e. The maximum atomic E-state index is 12.3. The molecule has 2 heterocycles. The molecule has 2 saturated heterocycles. The molecule has 0 aromatic heterocycles. The van der Waals surface area contributed by atoms with E-state index in [0.29, 0.717) is 26.1 Å². The third-order valence-corrected chi connectivity index (χ3v) is 4.37. The van der Waals surface area contributed by atoms with Gasteiger partial charge in [-0.1, -0.05) is 11.8 Å². The molecule has 6 nitrogen and oxygen atoms in total. The summed E-state index contributed by atoms with van der Waals surface area (Å²) in [5, 5.41) is 9.30. The number of aliphatic hydroxyl groups is 1. The number of amides is 2. The van der Waals surface area contributed by atoms with Crippen LogP contribution in [0.2, 0.25) is 0 Å². The largest absolute Gasteiger partial charge is 0.394 e. The number of nitrogens with zero attached hydrogens (tertiary/aromatic N) is 2. The molecule has 0 aromatic carbocycles. The van der Waals surface area contributed by atoms with Crippen LogP contribution < -0.4 is 0 Å². The van der Waals surface area contributed by atoms with Gasteiger partial charge in [0.15, 0.2) is 0 Å². The van der Waals surface area contributed by atoms with E-state index >= 15 is 0 Å². The Hall–Kier alpha value is -0.790. The first-order valence-corrected chi connectivity index (χ1v) is 7.88. The van der Waals surface area contributed by atoms with E-state index in [1.807, 2.05) is 13.8 Å². The van der Waals surface area contributed by atoms with Gasteiger partial charge in [0.1, 0.15) is 0 Å². The van der Waals surface area contributed by atoms with Crippen molar-refractivity contribution in [2.45, 2.75) is 32.0 Å². The second-order valence-electron chi connectivity index (χ2n) is 5.81. The first-order chi connectivity index (χ1) is 9.41. The molecule has 2 amide bonds. The minimum atomic E-state index is -0.444. The van der Waals surface area contributed by atoms with Gasteiger partial charge in [0.05, 0.1) is 18.3 Å². The molecule has 1 atom stereocenters. The van der Waals surface area contributed by atoms with Crippen LogP contribution >= 0.6 is 11.8 Å². The molecule has 7 heteroatoms. The van der Waals surface area contributed by atoms with E-state index in [-0.39, 0.29) is 23.9 Å². The highest BCUT2D eigenvalue weighted by atomic mass is 32.2. The van der Waals surface area contributed by atoms with Crippen LogP contribution in [0, 0.1) is 0 Å². The number of morpholine rings is 1. The molecule has 2 rings (SSSR count). The molecule has 20 heavy (non-hydrogen) atoms. The SMILES string of the molecule is CC1(C)CN(C(=O)CCN2CCSC2=O)CC(CO)O1. The van der Waals surface area contributed by atoms with E-state index in [4.69, 9.17) is 4.74 Å². The standard InChI is InChI=1S/C13H22N2O4S/c1-13(2)9-15(7-10(8-16)19-13)11(17)3-4-14-5-6-20-12(14)18/h10,16H,3-9H2,1-2H3. The predicted octanol–water partition coefficient (Wildman–Crippen LogP) is 0.544. The monoisotopic (exact) mass is 302 g/mol. The van der Waals surface area contributed by atoms with Crippen molar-refractivity contribution in [2.75, 3.05) is 38.5 Å². The Balaban J connectivity index is 1.86. The highest BCUT2D eigenvalue weighted by molar-refractivity contribution is 8.13. The quantitative estimate of drug-likeness (QED) is 0.821. The molecule has 1 N–H and O–H groups in total. The number of ether oxygens (including phenoxy) is 1. The lowest BCUT2D eigenvalue weighted by atomic mass is 10.0. The van der Waals surface area contributed by atoms with Gasteiger partial charge in [0.2, 0.25) is 5.91 Å². The Morgan fingerprint density at radius 3 is 2.90 bits per heavy atom. The third kappa shape index (κ3) is 3.86. The number of hydrogen-bond donors (Lipinski definition) is 1. The van der Waals surface area contributed by atoms with Gasteiger partial charge in [-0.15, -0.1) is 0 Å². The first-order valence-electron chi connectivity index (χ1n) is 6.89. The Morgan fingerprint density at radius 1 is 1.55 bits per heavy atom. The minimum absolute atomic E-state index is 0.0181. The summed E-state index contributed by atoms with van der Waals surface area (Å²) < 4.78 is 5.69. The lowest BCUT2D eigenvalue weighted by Crippen LogP contribution is -2.55. The van der Waals surface area contributed by atoms with Gasteiger partial charge in [0.25, 0.3) is 5.24 Å². The molecule has 0 saturated carbocycles. The predicted molar refractivity (Wildman–Crippen MR) is 76.7 cm³/mol. The van der Waals surface area contributed by atoms with Gasteiger partial charge in [-0.25, -0.2) is 0 Å². The molecule has 1 unspecified atom stereocenters. The van der Waals surface area contributed by atoms with Crippen molar-refractivity contribution in [3.05, 3.63) is 0 Å². The van der Waals surface area contributed by atoms with E-state index in [1.54, 1.807) is 9.80 Å². The summed E-state index contributed by atoms with van der Waals surface area (Å²) in [6.07, 6.45) is 0.00670. The molecular weight excluding hydrogens is 280 g/mol. The molecule has 0 radical (unpaired) electrons. The average molecular weight is 302 g/mol. The van der Waals surface area contributed by atoms with E-state index in [2.05, 4.69) is 0 Å². The van der Waals surface area contributed by atoms with Crippen molar-refractivity contribution in [3.63, 3.8) is 0 Å². The number of carbonyl (C=O) groups excluding carboxylic acids is 2. The van der Waals surface area contributed by atoms with Crippen LogP contribution in [0.25, 0.3) is 0 Å². The number of rotatable bonds is 4. The van der Waals surface area contributed by atoms with Crippen molar-refractivity contribution in [1.82, 2.24) is 9.80 Å². The Bertz CT molecular complexity index is 389. The molecule has 2 aliphatic heterocycles. The summed E-state index contributed by atoms with van der Waals surface area (Å²) in [5.41, 5.74) is -0.444. The maximum absolute atomic E-state index is 12.3. The molecular formula is C13H22N2O4S. The molecule has 114 valence electrons. The van der Waals surface area contributed by atoms with Crippen molar-refractivity contribution in [3.8, 4) is 0 Å². The van der Waals surface area contributed by atoms with E-state index in [9.17, 15) is 14.7 Å². The van der Waals surface area contributed by atoms with Crippen LogP contribution in [0.15, 0.2) is 0 Å². The third-order valence-electron chi connectivity index (χ3n) is 3.48. The fraction of sp³-hybridized carbons (Fsp3) is 0.846. The van der Waals surface area contributed by atoms with E-state index in [1.165, 1.54) is 11.8 Å². The summed E-state index contributed by atoms with van der Waals surface area (Å²) >= 11 is 1.31. The molecule has 0 spiro atoms. The van der Waals surface area contributed by atoms with Gasteiger partial charge in [-0.2, -0.15) is 0 Å². The second-order valence-corrected chi connectivity index (χ2v) is 6.85. The van der Waals surface area contributed by atoms with Crippen LogP contribution in [-0.2, 0) is 9.53 Å². The number of thioether (sulfide) groups is 1. The fourth-order valence-corrected chi connectivity index (χ4v) is 3.45. The summed E-state index contributed by atoms with van der Waals surface area (Å²) in [6, 6.07) is 0. The summed E-state index contributed by atoms with van der Waals surface area (Å²) in [7, 11) is 0. The molecule has 0 bridgehead atoms. The molecule has 2 aliphatic rings.